The number of fused-ring (bicyclic) bond motifs is 1. The molecule has 6 nitrogen and oxygen atoms in total. The molecule has 1 N–H and O–H groups in total. The Bertz CT molecular complexity index is 1130. The van der Waals surface area contributed by atoms with Crippen LogP contribution >= 0.6 is 11.3 Å². The number of benzene rings is 2. The van der Waals surface area contributed by atoms with Gasteiger partial charge in [-0.15, -0.1) is 0 Å². The molecule has 1 aromatic heterocycles. The van der Waals surface area contributed by atoms with Crippen LogP contribution in [0.4, 0.5) is 0 Å². The average molecular weight is 421 g/mol. The molecular formula is C20H24N2O4S2. The number of rotatable bonds is 7. The van der Waals surface area contributed by atoms with Gasteiger partial charge in [-0.3, -0.25) is 9.36 Å². The normalized spacial score (nSPS) is 13.2. The van der Waals surface area contributed by atoms with Gasteiger partial charge in [-0.05, 0) is 58.0 Å². The van der Waals surface area contributed by atoms with Crippen LogP contribution in [0.2, 0.25) is 0 Å². The summed E-state index contributed by atoms with van der Waals surface area (Å²) in [6.07, 6.45) is 0. The van der Waals surface area contributed by atoms with Gasteiger partial charge in [0, 0.05) is 6.04 Å². The molecule has 1 atom stereocenters. The summed E-state index contributed by atoms with van der Waals surface area (Å²) >= 11 is 1.06. The molecule has 0 aliphatic carbocycles. The van der Waals surface area contributed by atoms with Gasteiger partial charge >= 0.3 is 4.87 Å². The fourth-order valence-electron chi connectivity index (χ4n) is 2.90. The molecule has 150 valence electrons. The lowest BCUT2D eigenvalue weighted by Gasteiger charge is -2.15. The van der Waals surface area contributed by atoms with Gasteiger partial charge in [-0.2, -0.15) is 0 Å². The van der Waals surface area contributed by atoms with Crippen molar-refractivity contribution in [2.24, 2.45) is 0 Å². The third-order valence-electron chi connectivity index (χ3n) is 4.29. The Kier molecular flexibility index (Phi) is 5.92. The summed E-state index contributed by atoms with van der Waals surface area (Å²) in [5.41, 5.74) is 1.88. The lowest BCUT2D eigenvalue weighted by molar-refractivity contribution is 0.287. The van der Waals surface area contributed by atoms with E-state index in [-0.39, 0.29) is 22.4 Å². The summed E-state index contributed by atoms with van der Waals surface area (Å²) < 4.78 is 36.0. The number of nitrogens with one attached hydrogen (secondary N) is 1. The highest BCUT2D eigenvalue weighted by molar-refractivity contribution is 7.89. The molecule has 2 aromatic carbocycles. The molecule has 3 rings (SSSR count). The van der Waals surface area contributed by atoms with Gasteiger partial charge in [-0.1, -0.05) is 29.0 Å². The van der Waals surface area contributed by atoms with Gasteiger partial charge in [0.05, 0.1) is 21.2 Å². The van der Waals surface area contributed by atoms with Crippen LogP contribution in [0, 0.1) is 6.92 Å². The average Bonchev–Trinajstić information content (AvgIpc) is 2.96. The quantitative estimate of drug-likeness (QED) is 0.632. The van der Waals surface area contributed by atoms with Crippen molar-refractivity contribution in [3.05, 3.63) is 57.7 Å². The summed E-state index contributed by atoms with van der Waals surface area (Å²) in [6.45, 7) is 7.80. The molecule has 28 heavy (non-hydrogen) atoms. The minimum atomic E-state index is -3.72. The highest BCUT2D eigenvalue weighted by Gasteiger charge is 2.20. The van der Waals surface area contributed by atoms with Gasteiger partial charge in [0.25, 0.3) is 0 Å². The maximum atomic E-state index is 12.7. The number of hydrogen-bond donors (Lipinski definition) is 1. The first-order chi connectivity index (χ1) is 13.2. The maximum absolute atomic E-state index is 12.7. The van der Waals surface area contributed by atoms with Gasteiger partial charge in [-0.25, -0.2) is 13.1 Å². The molecule has 8 heteroatoms. The van der Waals surface area contributed by atoms with E-state index < -0.39 is 16.1 Å². The Morgan fingerprint density at radius 2 is 1.79 bits per heavy atom. The van der Waals surface area contributed by atoms with Crippen LogP contribution in [0.1, 0.15) is 32.4 Å². The predicted molar refractivity (Wildman–Crippen MR) is 113 cm³/mol. The Hall–Kier alpha value is -2.16. The minimum Gasteiger partial charge on any atom is -0.492 e. The molecule has 0 radical (unpaired) electrons. The van der Waals surface area contributed by atoms with Gasteiger partial charge in [0.1, 0.15) is 12.4 Å². The Balaban J connectivity index is 1.74. The van der Waals surface area contributed by atoms with Crippen LogP contribution < -0.4 is 14.3 Å². The highest BCUT2D eigenvalue weighted by atomic mass is 32.2. The zero-order valence-electron chi connectivity index (χ0n) is 16.3. The number of thiazole rings is 1. The van der Waals surface area contributed by atoms with Crippen molar-refractivity contribution < 1.29 is 13.2 Å². The molecular weight excluding hydrogens is 396 g/mol. The van der Waals surface area contributed by atoms with E-state index in [4.69, 9.17) is 4.74 Å². The summed E-state index contributed by atoms with van der Waals surface area (Å²) in [5.74, 6) is 0.692. The molecule has 0 saturated carbocycles. The Labute approximate surface area is 168 Å². The lowest BCUT2D eigenvalue weighted by Crippen LogP contribution is -2.36. The first kappa shape index (κ1) is 20.6. The molecule has 3 aromatic rings. The van der Waals surface area contributed by atoms with E-state index in [9.17, 15) is 13.2 Å². The summed E-state index contributed by atoms with van der Waals surface area (Å²) in [5, 5.41) is 0. The summed E-state index contributed by atoms with van der Waals surface area (Å²) in [7, 11) is -3.72. The smallest absolute Gasteiger partial charge is 0.308 e. The fourth-order valence-corrected chi connectivity index (χ4v) is 5.28. The Morgan fingerprint density at radius 1 is 1.11 bits per heavy atom. The highest BCUT2D eigenvalue weighted by Crippen LogP contribution is 2.24. The van der Waals surface area contributed by atoms with Crippen molar-refractivity contribution in [3.8, 4) is 5.75 Å². The Morgan fingerprint density at radius 3 is 2.43 bits per heavy atom. The number of aromatic nitrogens is 1. The molecule has 1 heterocycles. The van der Waals surface area contributed by atoms with Crippen LogP contribution in [0.15, 0.2) is 52.2 Å². The molecule has 0 aliphatic rings. The summed E-state index contributed by atoms with van der Waals surface area (Å²) in [6, 6.07) is 12.0. The van der Waals surface area contributed by atoms with Crippen molar-refractivity contribution in [3.63, 3.8) is 0 Å². The largest absolute Gasteiger partial charge is 0.492 e. The molecule has 0 aliphatic heterocycles. The molecule has 0 unspecified atom stereocenters. The monoisotopic (exact) mass is 420 g/mol. The summed E-state index contributed by atoms with van der Waals surface area (Å²) in [4.78, 5) is 12.2. The number of sulfonamides is 1. The van der Waals surface area contributed by atoms with Crippen LogP contribution in [-0.4, -0.2) is 25.6 Å². The van der Waals surface area contributed by atoms with E-state index in [0.29, 0.717) is 10.4 Å². The van der Waals surface area contributed by atoms with E-state index >= 15 is 0 Å². The van der Waals surface area contributed by atoms with Crippen molar-refractivity contribution >= 4 is 31.6 Å². The second-order valence-corrected chi connectivity index (χ2v) is 9.81. The third-order valence-corrected chi connectivity index (χ3v) is 6.79. The van der Waals surface area contributed by atoms with Crippen LogP contribution in [0.3, 0.4) is 0 Å². The van der Waals surface area contributed by atoms with E-state index in [2.05, 4.69) is 4.72 Å². The zero-order chi connectivity index (χ0) is 20.5. The number of aryl methyl sites for hydroxylation is 1. The van der Waals surface area contributed by atoms with E-state index in [1.54, 1.807) is 23.6 Å². The van der Waals surface area contributed by atoms with Crippen LogP contribution in [-0.2, 0) is 10.0 Å². The second kappa shape index (κ2) is 8.06. The molecule has 0 amide bonds. The zero-order valence-corrected chi connectivity index (χ0v) is 17.9. The topological polar surface area (TPSA) is 77.4 Å². The van der Waals surface area contributed by atoms with Crippen molar-refractivity contribution in [2.45, 2.75) is 44.7 Å². The van der Waals surface area contributed by atoms with Gasteiger partial charge in [0.15, 0.2) is 0 Å². The number of hydrogen-bond acceptors (Lipinski definition) is 5. The molecule has 0 saturated heterocycles. The first-order valence-corrected chi connectivity index (χ1v) is 11.3. The molecule has 0 fully saturated rings. The first-order valence-electron chi connectivity index (χ1n) is 9.04. The van der Waals surface area contributed by atoms with Gasteiger partial charge in [0.2, 0.25) is 10.0 Å². The van der Waals surface area contributed by atoms with E-state index in [1.165, 1.54) is 6.07 Å². The standard InChI is InChI=1S/C20H24N2O4S2/c1-13(2)22-18-10-9-17(11-19(18)27-20(22)23)28(24,25)21-15(4)12-26-16-7-5-14(3)6-8-16/h5-11,13,15,21H,12H2,1-4H3/t15-/m0/s1. The fraction of sp³-hybridized carbons (Fsp3) is 0.350. The van der Waals surface area contributed by atoms with Crippen LogP contribution in [0.5, 0.6) is 5.75 Å². The minimum absolute atomic E-state index is 0.0146. The number of ether oxygens (including phenoxy) is 1. The lowest BCUT2D eigenvalue weighted by atomic mass is 10.2. The second-order valence-electron chi connectivity index (χ2n) is 7.11. The predicted octanol–water partition coefficient (Wildman–Crippen LogP) is 3.70. The maximum Gasteiger partial charge on any atom is 0.308 e. The number of nitrogens with zero attached hydrogens (tertiary/aromatic N) is 1. The van der Waals surface area contributed by atoms with E-state index in [0.717, 1.165) is 22.4 Å². The van der Waals surface area contributed by atoms with Gasteiger partial charge < -0.3 is 4.74 Å². The molecule has 0 bridgehead atoms. The van der Waals surface area contributed by atoms with Crippen molar-refractivity contribution in [2.75, 3.05) is 6.61 Å². The van der Waals surface area contributed by atoms with Crippen LogP contribution in [0.25, 0.3) is 10.2 Å². The SMILES string of the molecule is Cc1ccc(OC[C@H](C)NS(=O)(=O)c2ccc3c(c2)sc(=O)n3C(C)C)cc1. The molecule has 0 spiro atoms. The van der Waals surface area contributed by atoms with Crippen molar-refractivity contribution in [1.82, 2.24) is 9.29 Å². The third kappa shape index (κ3) is 4.45. The van der Waals surface area contributed by atoms with Crippen molar-refractivity contribution in [1.29, 1.82) is 0 Å². The van der Waals surface area contributed by atoms with E-state index in [1.807, 2.05) is 45.0 Å².